The summed E-state index contributed by atoms with van der Waals surface area (Å²) < 4.78 is 22.0. The number of hydrogen-bond acceptors (Lipinski definition) is 7. The summed E-state index contributed by atoms with van der Waals surface area (Å²) in [6.45, 7) is 4.73. The quantitative estimate of drug-likeness (QED) is 0.116. The van der Waals surface area contributed by atoms with E-state index in [0.717, 1.165) is 54.6 Å². The van der Waals surface area contributed by atoms with E-state index in [1.807, 2.05) is 30.3 Å². The number of hydrogen-bond donors (Lipinski definition) is 0. The second-order valence-electron chi connectivity index (χ2n) is 10.8. The fourth-order valence-corrected chi connectivity index (χ4v) is 6.92. The summed E-state index contributed by atoms with van der Waals surface area (Å²) in [5.41, 5.74) is 3.63. The first-order chi connectivity index (χ1) is 21.9. The summed E-state index contributed by atoms with van der Waals surface area (Å²) >= 11 is 14.8. The molecule has 0 aliphatic carbocycles. The van der Waals surface area contributed by atoms with Crippen molar-refractivity contribution in [2.75, 3.05) is 53.6 Å². The number of halogens is 3. The summed E-state index contributed by atoms with van der Waals surface area (Å²) in [6, 6.07) is 21.5. The van der Waals surface area contributed by atoms with Gasteiger partial charge < -0.3 is 24.0 Å². The zero-order chi connectivity index (χ0) is 31.4. The van der Waals surface area contributed by atoms with Crippen LogP contribution in [0.4, 0.5) is 11.4 Å². The van der Waals surface area contributed by atoms with Crippen LogP contribution in [0.5, 0.6) is 5.75 Å². The zero-order valence-corrected chi connectivity index (χ0v) is 28.1. The molecule has 6 rings (SSSR count). The lowest BCUT2D eigenvalue weighted by atomic mass is 10.1. The molecule has 2 aliphatic heterocycles. The standard InChI is InChI=1S/C33H32Cl2IN5O4/c1-2-3-14-41-32(42)40(23-37-41)27-7-5-25(6-8-27)38-15-17-39(18-16-38)26-9-11-28(12-10-26)43-20-29-21-44-33(22-36,45-29)30-13-4-24(34)19-31(30)35/h1,4-13,19,23,29H,3,14-18,20-22H2/t29-,33-/m1/s1. The van der Waals surface area contributed by atoms with E-state index < -0.39 is 5.79 Å². The Labute approximate surface area is 285 Å². The molecule has 2 fully saturated rings. The minimum atomic E-state index is -0.920. The maximum Gasteiger partial charge on any atom is 0.350 e. The van der Waals surface area contributed by atoms with Crippen LogP contribution in [-0.2, 0) is 21.8 Å². The number of anilines is 2. The third kappa shape index (κ3) is 6.98. The molecular weight excluding hydrogens is 728 g/mol. The smallest absolute Gasteiger partial charge is 0.350 e. The van der Waals surface area contributed by atoms with Gasteiger partial charge in [0.15, 0.2) is 0 Å². The van der Waals surface area contributed by atoms with Crippen LogP contribution in [-0.4, -0.2) is 64.3 Å². The van der Waals surface area contributed by atoms with Gasteiger partial charge in [-0.2, -0.15) is 5.10 Å². The molecule has 0 saturated carbocycles. The van der Waals surface area contributed by atoms with Gasteiger partial charge in [-0.3, -0.25) is 0 Å². The SMILES string of the molecule is C#CCCn1ncn(-c2ccc(N3CCN(c4ccc(OC[C@@H]5CO[C@@](CI)(c6ccc(Cl)cc6Cl)O5)cc4)CC3)cc2)c1=O. The number of terminal acetylenes is 1. The topological polar surface area (TPSA) is 74.0 Å². The average Bonchev–Trinajstić information content (AvgIpc) is 3.66. The molecule has 2 atom stereocenters. The molecule has 4 aromatic rings. The molecular formula is C33H32Cl2IN5O4. The van der Waals surface area contributed by atoms with E-state index in [9.17, 15) is 4.79 Å². The van der Waals surface area contributed by atoms with Gasteiger partial charge in [0.2, 0.25) is 5.79 Å². The molecule has 2 aliphatic rings. The summed E-state index contributed by atoms with van der Waals surface area (Å²) in [7, 11) is 0. The van der Waals surface area contributed by atoms with E-state index in [0.29, 0.717) is 40.7 Å². The molecule has 3 aromatic carbocycles. The molecule has 0 spiro atoms. The first kappa shape index (κ1) is 31.8. The van der Waals surface area contributed by atoms with Crippen LogP contribution < -0.4 is 20.2 Å². The van der Waals surface area contributed by atoms with Crippen molar-refractivity contribution in [3.8, 4) is 23.8 Å². The van der Waals surface area contributed by atoms with Crippen molar-refractivity contribution in [3.63, 3.8) is 0 Å². The Bertz CT molecular complexity index is 1710. The highest BCUT2D eigenvalue weighted by atomic mass is 127. The lowest BCUT2D eigenvalue weighted by Crippen LogP contribution is -2.46. The summed E-state index contributed by atoms with van der Waals surface area (Å²) in [5.74, 6) is 2.40. The Morgan fingerprint density at radius 2 is 1.62 bits per heavy atom. The Kier molecular flexibility index (Phi) is 9.92. The normalized spacial score (nSPS) is 19.9. The van der Waals surface area contributed by atoms with Crippen molar-refractivity contribution in [2.45, 2.75) is 24.9 Å². The van der Waals surface area contributed by atoms with Gasteiger partial charge in [-0.15, -0.1) is 12.3 Å². The number of benzene rings is 3. The number of aryl methyl sites for hydroxylation is 1. The number of aromatic nitrogens is 3. The Hall–Kier alpha value is -3.21. The molecule has 0 unspecified atom stereocenters. The molecule has 45 heavy (non-hydrogen) atoms. The predicted octanol–water partition coefficient (Wildman–Crippen LogP) is 5.77. The van der Waals surface area contributed by atoms with Gasteiger partial charge in [-0.05, 0) is 60.7 Å². The van der Waals surface area contributed by atoms with E-state index in [2.05, 4.69) is 67.7 Å². The summed E-state index contributed by atoms with van der Waals surface area (Å²) in [6.07, 6.45) is 7.09. The largest absolute Gasteiger partial charge is 0.491 e. The fourth-order valence-electron chi connectivity index (χ4n) is 5.56. The van der Waals surface area contributed by atoms with Crippen LogP contribution >= 0.6 is 45.8 Å². The van der Waals surface area contributed by atoms with E-state index in [1.54, 1.807) is 12.1 Å². The molecule has 1 aromatic heterocycles. The predicted molar refractivity (Wildman–Crippen MR) is 185 cm³/mol. The Morgan fingerprint density at radius 1 is 0.978 bits per heavy atom. The molecule has 0 radical (unpaired) electrons. The number of nitrogens with zero attached hydrogens (tertiary/aromatic N) is 5. The van der Waals surface area contributed by atoms with Gasteiger partial charge >= 0.3 is 5.69 Å². The highest BCUT2D eigenvalue weighted by Gasteiger charge is 2.44. The van der Waals surface area contributed by atoms with Crippen LogP contribution in [0, 0.1) is 12.3 Å². The first-order valence-corrected chi connectivity index (χ1v) is 16.9. The average molecular weight is 760 g/mol. The lowest BCUT2D eigenvalue weighted by Gasteiger charge is -2.37. The number of rotatable bonds is 10. The van der Waals surface area contributed by atoms with Gasteiger partial charge in [-0.25, -0.2) is 14.0 Å². The minimum Gasteiger partial charge on any atom is -0.491 e. The summed E-state index contributed by atoms with van der Waals surface area (Å²) in [5, 5.41) is 5.25. The first-order valence-electron chi connectivity index (χ1n) is 14.6. The maximum absolute atomic E-state index is 12.6. The van der Waals surface area contributed by atoms with E-state index in [1.165, 1.54) is 15.6 Å². The number of alkyl halides is 1. The molecule has 12 heteroatoms. The van der Waals surface area contributed by atoms with Crippen molar-refractivity contribution < 1.29 is 14.2 Å². The zero-order valence-electron chi connectivity index (χ0n) is 24.4. The van der Waals surface area contributed by atoms with Gasteiger partial charge in [0, 0.05) is 54.6 Å². The minimum absolute atomic E-state index is 0.193. The van der Waals surface area contributed by atoms with Crippen LogP contribution in [0.15, 0.2) is 77.9 Å². The van der Waals surface area contributed by atoms with Crippen molar-refractivity contribution in [2.24, 2.45) is 0 Å². The van der Waals surface area contributed by atoms with Crippen molar-refractivity contribution >= 4 is 57.2 Å². The molecule has 0 bridgehead atoms. The summed E-state index contributed by atoms with van der Waals surface area (Å²) in [4.78, 5) is 17.3. The Balaban J connectivity index is 0.993. The van der Waals surface area contributed by atoms with Crippen LogP contribution in [0.3, 0.4) is 0 Å². The molecule has 3 heterocycles. The maximum atomic E-state index is 12.6. The van der Waals surface area contributed by atoms with E-state index in [-0.39, 0.29) is 11.8 Å². The lowest BCUT2D eigenvalue weighted by molar-refractivity contribution is -0.158. The van der Waals surface area contributed by atoms with E-state index >= 15 is 0 Å². The van der Waals surface area contributed by atoms with E-state index in [4.69, 9.17) is 43.8 Å². The Morgan fingerprint density at radius 3 is 2.24 bits per heavy atom. The highest BCUT2D eigenvalue weighted by Crippen LogP contribution is 2.40. The van der Waals surface area contributed by atoms with Crippen molar-refractivity contribution in [3.05, 3.63) is 99.2 Å². The van der Waals surface area contributed by atoms with Crippen LogP contribution in [0.2, 0.25) is 10.0 Å². The second kappa shape index (κ2) is 14.1. The fraction of sp³-hybridized carbons (Fsp3) is 0.333. The van der Waals surface area contributed by atoms with Gasteiger partial charge in [0.25, 0.3) is 0 Å². The molecule has 0 N–H and O–H groups in total. The number of ether oxygens (including phenoxy) is 3. The van der Waals surface area contributed by atoms with Crippen molar-refractivity contribution in [1.29, 1.82) is 0 Å². The monoisotopic (exact) mass is 759 g/mol. The van der Waals surface area contributed by atoms with Gasteiger partial charge in [0.05, 0.1) is 28.3 Å². The molecule has 0 amide bonds. The molecule has 9 nitrogen and oxygen atoms in total. The second-order valence-corrected chi connectivity index (χ2v) is 12.4. The highest BCUT2D eigenvalue weighted by molar-refractivity contribution is 14.1. The number of piperazine rings is 1. The van der Waals surface area contributed by atoms with Gasteiger partial charge in [-0.1, -0.05) is 51.9 Å². The third-order valence-electron chi connectivity index (χ3n) is 7.99. The molecule has 2 saturated heterocycles. The molecule has 234 valence electrons. The third-order valence-corrected chi connectivity index (χ3v) is 9.54. The van der Waals surface area contributed by atoms with Crippen LogP contribution in [0.25, 0.3) is 5.69 Å². The van der Waals surface area contributed by atoms with Crippen molar-refractivity contribution in [1.82, 2.24) is 14.3 Å². The van der Waals surface area contributed by atoms with Gasteiger partial charge in [0.1, 0.15) is 24.8 Å². The van der Waals surface area contributed by atoms with Crippen LogP contribution in [0.1, 0.15) is 12.0 Å².